The molecule has 9 atom stereocenters. The number of primary amides is 1. The SMILES string of the molecule is CSCC[C@H](NC(=O)[C@@H](NC(=O)[C@@H](NC(=O)[C@H](Cc1ccc(O)cc1)NC(=O)[C@H](Cc1ccccc1)NC(=O)[C@H](CCCN=C(N)N)N(C)C(=O)[C@H](N)CCCCN)C(C)C)C(C)C)C(=O)N[C@@H](Cc1c[nH]c2ccccc12)C(=O)N[C@@H](CCCCN)C(N)=O. The van der Waals surface area contributed by atoms with Gasteiger partial charge in [0.05, 0.1) is 6.04 Å². The van der Waals surface area contributed by atoms with E-state index in [9.17, 15) is 48.3 Å². The smallest absolute Gasteiger partial charge is 0.243 e. The van der Waals surface area contributed by atoms with E-state index in [0.29, 0.717) is 67.6 Å². The number of nitrogens with two attached hydrogens (primary N) is 6. The maximum atomic E-state index is 14.8. The Morgan fingerprint density at radius 3 is 1.61 bits per heavy atom. The molecule has 0 unspecified atom stereocenters. The van der Waals surface area contributed by atoms with Crippen LogP contribution in [0.5, 0.6) is 5.75 Å². The number of phenolic OH excluding ortho intramolecular Hbond substituents is 1. The van der Waals surface area contributed by atoms with Gasteiger partial charge >= 0.3 is 0 Å². The van der Waals surface area contributed by atoms with Crippen molar-refractivity contribution < 1.29 is 48.3 Å². The average Bonchev–Trinajstić information content (AvgIpc) is 1.66. The number of aromatic amines is 1. The number of aromatic hydroxyl groups is 1. The van der Waals surface area contributed by atoms with Crippen LogP contribution in [0.2, 0.25) is 0 Å². The molecule has 0 saturated carbocycles. The van der Waals surface area contributed by atoms with Crippen LogP contribution in [0.1, 0.15) is 102 Å². The molecule has 3 aromatic carbocycles. The van der Waals surface area contributed by atoms with Crippen molar-refractivity contribution in [3.63, 3.8) is 0 Å². The van der Waals surface area contributed by atoms with Crippen molar-refractivity contribution in [3.8, 4) is 5.75 Å². The second-order valence-corrected chi connectivity index (χ2v) is 24.1. The van der Waals surface area contributed by atoms with E-state index in [1.165, 1.54) is 35.8 Å². The average molecular weight is 1270 g/mol. The van der Waals surface area contributed by atoms with Crippen LogP contribution in [-0.4, -0.2) is 167 Å². The van der Waals surface area contributed by atoms with E-state index in [4.69, 9.17) is 34.4 Å². The lowest BCUT2D eigenvalue weighted by molar-refractivity contribution is -0.141. The second-order valence-electron chi connectivity index (χ2n) is 23.2. The summed E-state index contributed by atoms with van der Waals surface area (Å²) < 4.78 is 0. The number of rotatable bonds is 40. The lowest BCUT2D eigenvalue weighted by atomic mass is 9.98. The zero-order valence-electron chi connectivity index (χ0n) is 52.6. The Morgan fingerprint density at radius 1 is 0.556 bits per heavy atom. The molecule has 1 aromatic heterocycles. The summed E-state index contributed by atoms with van der Waals surface area (Å²) in [5.74, 6) is -7.49. The summed E-state index contributed by atoms with van der Waals surface area (Å²) in [5, 5.41) is 30.5. The largest absolute Gasteiger partial charge is 0.508 e. The first-order chi connectivity index (χ1) is 42.9. The number of guanidine groups is 1. The van der Waals surface area contributed by atoms with Crippen molar-refractivity contribution in [2.45, 2.75) is 159 Å². The fourth-order valence-electron chi connectivity index (χ4n) is 10.1. The van der Waals surface area contributed by atoms with Crippen LogP contribution in [0.15, 0.2) is 90.1 Å². The number of benzene rings is 3. The van der Waals surface area contributed by atoms with E-state index in [1.807, 2.05) is 30.5 Å². The van der Waals surface area contributed by atoms with Gasteiger partial charge in [0.25, 0.3) is 0 Å². The predicted molar refractivity (Wildman–Crippen MR) is 350 cm³/mol. The molecule has 0 saturated heterocycles. The number of thioether (sulfide) groups is 1. The minimum absolute atomic E-state index is 0.00581. The van der Waals surface area contributed by atoms with E-state index in [2.05, 4.69) is 47.2 Å². The van der Waals surface area contributed by atoms with Gasteiger partial charge in [0, 0.05) is 50.0 Å². The van der Waals surface area contributed by atoms with Gasteiger partial charge in [0.2, 0.25) is 53.2 Å². The van der Waals surface area contributed by atoms with E-state index in [0.717, 1.165) is 10.9 Å². The van der Waals surface area contributed by atoms with Crippen LogP contribution in [-0.2, 0) is 62.4 Å². The number of hydrogen-bond donors (Lipinski definition) is 15. The number of likely N-dealkylation sites (N-methyl/N-ethyl adjacent to an activating group) is 1. The zero-order chi connectivity index (χ0) is 66.5. The number of nitrogens with zero attached hydrogens (tertiary/aromatic N) is 2. The Bertz CT molecular complexity index is 3000. The van der Waals surface area contributed by atoms with Crippen LogP contribution in [0.3, 0.4) is 0 Å². The molecule has 4 rings (SSSR count). The third-order valence-electron chi connectivity index (χ3n) is 15.3. The van der Waals surface area contributed by atoms with Gasteiger partial charge in [0.1, 0.15) is 54.1 Å². The first-order valence-corrected chi connectivity index (χ1v) is 32.0. The highest BCUT2D eigenvalue weighted by Crippen LogP contribution is 2.21. The molecule has 0 radical (unpaired) electrons. The molecule has 0 fully saturated rings. The van der Waals surface area contributed by atoms with Crippen molar-refractivity contribution in [2.75, 3.05) is 38.7 Å². The molecule has 0 aliphatic carbocycles. The van der Waals surface area contributed by atoms with Crippen LogP contribution >= 0.6 is 11.8 Å². The van der Waals surface area contributed by atoms with E-state index in [-0.39, 0.29) is 63.2 Å². The first kappa shape index (κ1) is 74.2. The van der Waals surface area contributed by atoms with Gasteiger partial charge in [-0.3, -0.25) is 48.1 Å². The molecule has 1 heterocycles. The van der Waals surface area contributed by atoms with E-state index in [1.54, 1.807) is 76.4 Å². The van der Waals surface area contributed by atoms with Crippen LogP contribution in [0, 0.1) is 11.8 Å². The third-order valence-corrected chi connectivity index (χ3v) is 16.0. The Morgan fingerprint density at radius 2 is 1.04 bits per heavy atom. The highest BCUT2D eigenvalue weighted by Gasteiger charge is 2.38. The Kier molecular flexibility index (Phi) is 31.6. The van der Waals surface area contributed by atoms with Crippen LogP contribution < -0.4 is 71.6 Å². The highest BCUT2D eigenvalue weighted by molar-refractivity contribution is 7.98. The van der Waals surface area contributed by atoms with E-state index < -0.39 is 119 Å². The molecule has 9 amide bonds. The summed E-state index contributed by atoms with van der Waals surface area (Å²) >= 11 is 1.41. The second kappa shape index (κ2) is 38.3. The van der Waals surface area contributed by atoms with Gasteiger partial charge in [-0.05, 0) is 123 Å². The first-order valence-electron chi connectivity index (χ1n) is 30.6. The van der Waals surface area contributed by atoms with Crippen LogP contribution in [0.25, 0.3) is 10.9 Å². The van der Waals surface area contributed by atoms with Crippen molar-refractivity contribution in [1.82, 2.24) is 47.1 Å². The standard InChI is InChI=1S/C63H96N16O10S/c1-37(2)52(60(87)73-47(28-32-90-6)55(82)75-50(35-41-36-71-45-21-11-10-19-43(41)45)57(84)72-46(54(67)81)22-13-15-30-65)78-61(88)53(38(3)4)77-58(85)49(34-40-24-26-42(80)27-25-40)74-56(83)48(33-39-17-8-7-9-18-39)76-59(86)51(23-16-31-70-63(68)69)79(5)62(89)44(66)20-12-14-29-64/h7-11,17-19,21,24-27,36-38,44,46-53,71,80H,12-16,20,22-23,28-35,64-66H2,1-6H3,(H2,67,81)(H,72,84)(H,73,87)(H,74,83)(H,75,82)(H,76,86)(H,77,85)(H,78,88)(H4,68,69,70)/t44-,46+,47+,48+,49+,50+,51+,52+,53+/m1/s1. The number of hydrogen-bond acceptors (Lipinski definition) is 15. The zero-order valence-corrected chi connectivity index (χ0v) is 53.5. The number of unbranched alkanes of at least 4 members (excludes halogenated alkanes) is 2. The van der Waals surface area contributed by atoms with Gasteiger partial charge in [0.15, 0.2) is 5.96 Å². The molecular formula is C63H96N16O10S. The lowest BCUT2D eigenvalue weighted by Gasteiger charge is -2.32. The number of carbonyl (C=O) groups excluding carboxylic acids is 9. The lowest BCUT2D eigenvalue weighted by Crippen LogP contribution is -2.62. The fourth-order valence-corrected chi connectivity index (χ4v) is 10.6. The number of para-hydroxylation sites is 1. The van der Waals surface area contributed by atoms with Gasteiger partial charge < -0.3 is 86.6 Å². The number of aromatic nitrogens is 1. The molecule has 90 heavy (non-hydrogen) atoms. The summed E-state index contributed by atoms with van der Waals surface area (Å²) in [6, 6.07) is 11.2. The van der Waals surface area contributed by atoms with Gasteiger partial charge in [-0.1, -0.05) is 94.8 Å². The molecule has 0 spiro atoms. The Hall–Kier alpha value is -8.27. The molecular weight excluding hydrogens is 1170 g/mol. The number of amides is 9. The molecule has 0 aliphatic heterocycles. The van der Waals surface area contributed by atoms with Crippen molar-refractivity contribution in [1.29, 1.82) is 0 Å². The van der Waals surface area contributed by atoms with Gasteiger partial charge in [-0.25, -0.2) is 0 Å². The Labute approximate surface area is 531 Å². The summed E-state index contributed by atoms with van der Waals surface area (Å²) in [4.78, 5) is 137. The minimum atomic E-state index is -1.42. The van der Waals surface area contributed by atoms with Crippen molar-refractivity contribution in [3.05, 3.63) is 102 Å². The summed E-state index contributed by atoms with van der Waals surface area (Å²) in [5.41, 5.74) is 37.2. The number of fused-ring (bicyclic) bond motifs is 1. The molecule has 494 valence electrons. The fraction of sp³-hybridized carbons (Fsp3) is 0.524. The summed E-state index contributed by atoms with van der Waals surface area (Å²) in [6.07, 6.45) is 6.62. The molecule has 0 bridgehead atoms. The van der Waals surface area contributed by atoms with Crippen molar-refractivity contribution in [2.24, 2.45) is 51.2 Å². The number of phenols is 1. The molecule has 21 N–H and O–H groups in total. The summed E-state index contributed by atoms with van der Waals surface area (Å²) in [6.45, 7) is 7.64. The number of carbonyl (C=O) groups is 9. The number of H-pyrrole nitrogens is 1. The quantitative estimate of drug-likeness (QED) is 0.0162. The molecule has 26 nitrogen and oxygen atoms in total. The van der Waals surface area contributed by atoms with Crippen molar-refractivity contribution >= 4 is 81.8 Å². The summed E-state index contributed by atoms with van der Waals surface area (Å²) in [7, 11) is 1.45. The molecule has 4 aromatic rings. The Balaban J connectivity index is 1.63. The normalized spacial score (nSPS) is 14.3. The topological polar surface area (TPSA) is 446 Å². The highest BCUT2D eigenvalue weighted by atomic mass is 32.2. The third kappa shape index (κ3) is 24.3. The number of aliphatic imine (C=N–C) groups is 1. The monoisotopic (exact) mass is 1270 g/mol. The van der Waals surface area contributed by atoms with Crippen LogP contribution in [0.4, 0.5) is 0 Å². The maximum Gasteiger partial charge on any atom is 0.243 e. The molecule has 27 heteroatoms. The predicted octanol–water partition coefficient (Wildman–Crippen LogP) is 0.311. The maximum absolute atomic E-state index is 14.8. The van der Waals surface area contributed by atoms with Gasteiger partial charge in [-0.2, -0.15) is 11.8 Å². The minimum Gasteiger partial charge on any atom is -0.508 e. The van der Waals surface area contributed by atoms with E-state index >= 15 is 0 Å². The number of nitrogens with one attached hydrogen (secondary N) is 8. The van der Waals surface area contributed by atoms with Gasteiger partial charge in [-0.15, -0.1) is 0 Å². The molecule has 0 aliphatic rings.